The third-order valence-corrected chi connectivity index (χ3v) is 5.78. The number of amides is 1. The monoisotopic (exact) mass is 387 g/mol. The molecular weight excluding hydrogens is 371 g/mol. The summed E-state index contributed by atoms with van der Waals surface area (Å²) in [4.78, 5) is 17.9. The number of aromatic nitrogens is 3. The molecule has 4 rings (SSSR count). The number of rotatable bonds is 2. The maximum absolute atomic E-state index is 13.6. The van der Waals surface area contributed by atoms with Crippen LogP contribution in [0.25, 0.3) is 0 Å². The van der Waals surface area contributed by atoms with E-state index in [0.29, 0.717) is 25.9 Å². The molecule has 0 aromatic carbocycles. The number of thiazole rings is 1. The van der Waals surface area contributed by atoms with Gasteiger partial charge in [0.05, 0.1) is 12.0 Å². The number of anilines is 2. The summed E-state index contributed by atoms with van der Waals surface area (Å²) in [5.41, 5.74) is -3.32. The molecule has 0 saturated carbocycles. The minimum atomic E-state index is -4.97. The number of carbonyl (C=O) groups excluding carboxylic acids is 1. The molecule has 7 nitrogen and oxygen atoms in total. The minimum absolute atomic E-state index is 0.216. The second-order valence-electron chi connectivity index (χ2n) is 6.52. The van der Waals surface area contributed by atoms with Crippen LogP contribution in [-0.2, 0) is 10.4 Å². The zero-order chi connectivity index (χ0) is 18.5. The second-order valence-corrected chi connectivity index (χ2v) is 7.39. The van der Waals surface area contributed by atoms with Gasteiger partial charge in [0.1, 0.15) is 0 Å². The van der Waals surface area contributed by atoms with E-state index >= 15 is 0 Å². The lowest BCUT2D eigenvalue weighted by molar-refractivity contribution is -0.267. The van der Waals surface area contributed by atoms with Crippen LogP contribution in [0.5, 0.6) is 0 Å². The van der Waals surface area contributed by atoms with Gasteiger partial charge in [-0.05, 0) is 12.8 Å². The first kappa shape index (κ1) is 17.3. The number of halogens is 3. The van der Waals surface area contributed by atoms with E-state index in [0.717, 1.165) is 5.13 Å². The maximum atomic E-state index is 13.6. The van der Waals surface area contributed by atoms with Gasteiger partial charge in [0, 0.05) is 36.3 Å². The number of nitrogens with one attached hydrogen (secondary N) is 2. The summed E-state index contributed by atoms with van der Waals surface area (Å²) < 4.78 is 40.7. The first-order chi connectivity index (χ1) is 12.3. The molecule has 2 aliphatic rings. The Morgan fingerprint density at radius 1 is 1.35 bits per heavy atom. The van der Waals surface area contributed by atoms with Crippen LogP contribution in [-0.4, -0.2) is 45.5 Å². The van der Waals surface area contributed by atoms with Crippen LogP contribution < -0.4 is 10.2 Å². The molecule has 1 unspecified atom stereocenters. The number of fused-ring (bicyclic) bond motifs is 1. The lowest BCUT2D eigenvalue weighted by Crippen LogP contribution is -2.48. The van der Waals surface area contributed by atoms with Crippen LogP contribution >= 0.6 is 11.3 Å². The molecule has 1 atom stereocenters. The summed E-state index contributed by atoms with van der Waals surface area (Å²) in [6.07, 6.45) is -3.14. The molecular formula is C15H16F3N5O2S. The van der Waals surface area contributed by atoms with E-state index in [1.807, 2.05) is 5.38 Å². The molecule has 4 heterocycles. The van der Waals surface area contributed by atoms with Crippen molar-refractivity contribution in [2.45, 2.75) is 37.0 Å². The molecule has 0 spiro atoms. The average Bonchev–Trinajstić information content (AvgIpc) is 3.23. The van der Waals surface area contributed by atoms with Crippen LogP contribution in [0, 0.1) is 0 Å². The largest absolute Gasteiger partial charge is 0.422 e. The third-order valence-electron chi connectivity index (χ3n) is 4.94. The molecule has 26 heavy (non-hydrogen) atoms. The molecule has 0 bridgehead atoms. The molecule has 0 radical (unpaired) electrons. The van der Waals surface area contributed by atoms with Crippen molar-refractivity contribution in [3.8, 4) is 0 Å². The summed E-state index contributed by atoms with van der Waals surface area (Å²) in [5.74, 6) is -1.36. The van der Waals surface area contributed by atoms with Crippen molar-refractivity contribution in [2.75, 3.05) is 23.3 Å². The lowest BCUT2D eigenvalue weighted by Gasteiger charge is -2.36. The Morgan fingerprint density at radius 2 is 2.08 bits per heavy atom. The highest BCUT2D eigenvalue weighted by Crippen LogP contribution is 2.49. The van der Waals surface area contributed by atoms with Crippen molar-refractivity contribution in [3.63, 3.8) is 0 Å². The summed E-state index contributed by atoms with van der Waals surface area (Å²) in [7, 11) is 0. The minimum Gasteiger partial charge on any atom is -0.376 e. The van der Waals surface area contributed by atoms with Gasteiger partial charge in [-0.3, -0.25) is 9.89 Å². The van der Waals surface area contributed by atoms with Gasteiger partial charge >= 0.3 is 6.18 Å². The number of piperidine rings is 1. The van der Waals surface area contributed by atoms with Gasteiger partial charge < -0.3 is 15.3 Å². The van der Waals surface area contributed by atoms with Crippen molar-refractivity contribution in [1.29, 1.82) is 0 Å². The van der Waals surface area contributed by atoms with Crippen molar-refractivity contribution in [1.82, 2.24) is 15.2 Å². The van der Waals surface area contributed by atoms with Crippen molar-refractivity contribution in [2.24, 2.45) is 0 Å². The first-order valence-corrected chi connectivity index (χ1v) is 8.99. The van der Waals surface area contributed by atoms with Gasteiger partial charge in [-0.2, -0.15) is 18.3 Å². The number of aliphatic hydroxyl groups is 1. The van der Waals surface area contributed by atoms with Gasteiger partial charge in [-0.25, -0.2) is 4.98 Å². The van der Waals surface area contributed by atoms with Crippen LogP contribution in [0.3, 0.4) is 0 Å². The summed E-state index contributed by atoms with van der Waals surface area (Å²) in [6, 6.07) is 0. The number of alkyl halides is 3. The number of hydrogen-bond donors (Lipinski definition) is 3. The van der Waals surface area contributed by atoms with Gasteiger partial charge in [0.25, 0.3) is 0 Å². The fraction of sp³-hybridized carbons (Fsp3) is 0.533. The predicted molar refractivity (Wildman–Crippen MR) is 88.1 cm³/mol. The van der Waals surface area contributed by atoms with E-state index in [1.54, 1.807) is 6.20 Å². The summed E-state index contributed by atoms with van der Waals surface area (Å²) >= 11 is 1.51. The van der Waals surface area contributed by atoms with Gasteiger partial charge in [-0.1, -0.05) is 0 Å². The number of hydrogen-bond acceptors (Lipinski definition) is 6. The van der Waals surface area contributed by atoms with E-state index in [-0.39, 0.29) is 23.0 Å². The van der Waals surface area contributed by atoms with E-state index in [2.05, 4.69) is 25.4 Å². The van der Waals surface area contributed by atoms with Crippen LogP contribution in [0.15, 0.2) is 11.6 Å². The van der Waals surface area contributed by atoms with Gasteiger partial charge in [-0.15, -0.1) is 11.3 Å². The highest BCUT2D eigenvalue weighted by Gasteiger charge is 2.61. The van der Waals surface area contributed by atoms with E-state index in [1.165, 1.54) is 11.3 Å². The number of carbonyl (C=O) groups is 1. The lowest BCUT2D eigenvalue weighted by atomic mass is 9.81. The number of aromatic amines is 1. The predicted octanol–water partition coefficient (Wildman–Crippen LogP) is 2.34. The Kier molecular flexibility index (Phi) is 3.95. The molecule has 1 amide bonds. The Labute approximate surface area is 150 Å². The van der Waals surface area contributed by atoms with E-state index < -0.39 is 24.1 Å². The first-order valence-electron chi connectivity index (χ1n) is 8.12. The number of H-pyrrole nitrogens is 1. The van der Waals surface area contributed by atoms with E-state index in [4.69, 9.17) is 0 Å². The summed E-state index contributed by atoms with van der Waals surface area (Å²) in [6.45, 7) is 1.28. The zero-order valence-corrected chi connectivity index (χ0v) is 14.3. The van der Waals surface area contributed by atoms with E-state index in [9.17, 15) is 23.1 Å². The van der Waals surface area contributed by atoms with Gasteiger partial charge in [0.2, 0.25) is 5.91 Å². The molecule has 140 valence electrons. The molecule has 2 aliphatic heterocycles. The van der Waals surface area contributed by atoms with Gasteiger partial charge in [0.15, 0.2) is 16.6 Å². The molecule has 1 saturated heterocycles. The Balaban J connectivity index is 1.63. The summed E-state index contributed by atoms with van der Waals surface area (Å²) in [5, 5.41) is 21.9. The molecule has 11 heteroatoms. The second kappa shape index (κ2) is 5.95. The topological polar surface area (TPSA) is 94.1 Å². The fourth-order valence-electron chi connectivity index (χ4n) is 3.63. The van der Waals surface area contributed by atoms with Crippen LogP contribution in [0.4, 0.5) is 24.1 Å². The van der Waals surface area contributed by atoms with Crippen molar-refractivity contribution >= 4 is 28.2 Å². The standard InChI is InChI=1S/C15H16F3N5O2S/c16-15(17,18)14(25)7-9(24)20-12-10(14)11(21-22-12)8-1-4-23(5-2-8)13-19-3-6-26-13/h3,6,8,25H,1-2,4-5,7H2,(H2,20,21,22,24). The highest BCUT2D eigenvalue weighted by molar-refractivity contribution is 7.13. The smallest absolute Gasteiger partial charge is 0.376 e. The number of nitrogens with zero attached hydrogens (tertiary/aromatic N) is 3. The van der Waals surface area contributed by atoms with Crippen LogP contribution in [0.1, 0.15) is 36.4 Å². The van der Waals surface area contributed by atoms with Crippen molar-refractivity contribution in [3.05, 3.63) is 22.8 Å². The highest BCUT2D eigenvalue weighted by atomic mass is 32.1. The Hall–Kier alpha value is -2.14. The Bertz CT molecular complexity index is 814. The molecule has 2 aromatic heterocycles. The molecule has 1 fully saturated rings. The normalized spacial score (nSPS) is 24.5. The molecule has 3 N–H and O–H groups in total. The SMILES string of the molecule is O=C1CC(O)(C(F)(F)F)c2c(n[nH]c2C2CCN(c3nccs3)CC2)N1. The molecule has 2 aromatic rings. The third kappa shape index (κ3) is 2.65. The van der Waals surface area contributed by atoms with Crippen LogP contribution in [0.2, 0.25) is 0 Å². The average molecular weight is 387 g/mol. The van der Waals surface area contributed by atoms with Crippen molar-refractivity contribution < 1.29 is 23.1 Å². The maximum Gasteiger partial charge on any atom is 0.422 e. The zero-order valence-electron chi connectivity index (χ0n) is 13.5. The fourth-order valence-corrected chi connectivity index (χ4v) is 4.33. The molecule has 0 aliphatic carbocycles. The Morgan fingerprint density at radius 3 is 2.69 bits per heavy atom. The quantitative estimate of drug-likeness (QED) is 0.735.